The molecule has 0 unspecified atom stereocenters. The number of hydrogen-bond acceptors (Lipinski definition) is 4. The van der Waals surface area contributed by atoms with E-state index >= 15 is 0 Å². The summed E-state index contributed by atoms with van der Waals surface area (Å²) in [5.41, 5.74) is 5.21. The third-order valence-electron chi connectivity index (χ3n) is 6.22. The van der Waals surface area contributed by atoms with Crippen molar-refractivity contribution in [3.8, 4) is 11.4 Å². The lowest BCUT2D eigenvalue weighted by Crippen LogP contribution is -2.32. The predicted molar refractivity (Wildman–Crippen MR) is 116 cm³/mol. The van der Waals surface area contributed by atoms with E-state index in [4.69, 9.17) is 9.84 Å². The summed E-state index contributed by atoms with van der Waals surface area (Å²) < 4.78 is 7.39. The normalized spacial score (nSPS) is 17.1. The molecule has 3 heterocycles. The van der Waals surface area contributed by atoms with Crippen LogP contribution in [0.2, 0.25) is 0 Å². The molecule has 1 aromatic heterocycles. The Kier molecular flexibility index (Phi) is 4.98. The fourth-order valence-corrected chi connectivity index (χ4v) is 4.65. The number of benzene rings is 2. The van der Waals surface area contributed by atoms with Crippen LogP contribution in [0.15, 0.2) is 54.6 Å². The average molecular weight is 389 g/mol. The molecule has 3 aromatic rings. The predicted octanol–water partition coefficient (Wildman–Crippen LogP) is 4.23. The van der Waals surface area contributed by atoms with Gasteiger partial charge in [0.2, 0.25) is 0 Å². The molecular formula is C24H28N4O. The lowest BCUT2D eigenvalue weighted by molar-refractivity contribution is 0.203. The van der Waals surface area contributed by atoms with Crippen LogP contribution in [0, 0.1) is 0 Å². The highest BCUT2D eigenvalue weighted by Gasteiger charge is 2.30. The fourth-order valence-electron chi connectivity index (χ4n) is 4.65. The minimum absolute atomic E-state index is 0.551. The van der Waals surface area contributed by atoms with Gasteiger partial charge >= 0.3 is 0 Å². The highest BCUT2D eigenvalue weighted by Crippen LogP contribution is 2.37. The maximum absolute atomic E-state index is 5.30. The van der Waals surface area contributed by atoms with Crippen molar-refractivity contribution in [1.29, 1.82) is 0 Å². The number of ether oxygens (including phenoxy) is 1. The Hall–Kier alpha value is -2.79. The van der Waals surface area contributed by atoms with Crippen molar-refractivity contribution in [2.45, 2.75) is 31.7 Å². The number of nitrogens with one attached hydrogen (secondary N) is 1. The number of likely N-dealkylation sites (tertiary alicyclic amines) is 1. The molecular weight excluding hydrogens is 360 g/mol. The summed E-state index contributed by atoms with van der Waals surface area (Å²) in [6, 6.07) is 19.0. The van der Waals surface area contributed by atoms with Crippen molar-refractivity contribution in [1.82, 2.24) is 14.7 Å². The summed E-state index contributed by atoms with van der Waals surface area (Å²) >= 11 is 0. The highest BCUT2D eigenvalue weighted by molar-refractivity contribution is 5.58. The van der Waals surface area contributed by atoms with Crippen LogP contribution in [0.25, 0.3) is 5.69 Å². The average Bonchev–Trinajstić information content (AvgIpc) is 3.38. The number of hydrogen-bond donors (Lipinski definition) is 1. The van der Waals surface area contributed by atoms with Crippen molar-refractivity contribution in [2.24, 2.45) is 0 Å². The molecule has 5 nitrogen and oxygen atoms in total. The fraction of sp³-hybridized carbons (Fsp3) is 0.375. The first-order valence-corrected chi connectivity index (χ1v) is 10.6. The molecule has 2 aromatic carbocycles. The zero-order valence-electron chi connectivity index (χ0n) is 17.0. The number of fused-ring (bicyclic) bond motifs is 1. The SMILES string of the molecule is COc1ccc(-n2nc(C3CCN(Cc4ccccc4)CC3)c3c2NCC3)cc1. The van der Waals surface area contributed by atoms with Gasteiger partial charge in [-0.25, -0.2) is 4.68 Å². The minimum atomic E-state index is 0.551. The molecule has 2 aliphatic heterocycles. The first-order valence-electron chi connectivity index (χ1n) is 10.6. The Morgan fingerprint density at radius 2 is 1.79 bits per heavy atom. The maximum Gasteiger partial charge on any atom is 0.133 e. The van der Waals surface area contributed by atoms with Crippen molar-refractivity contribution in [2.75, 3.05) is 32.1 Å². The van der Waals surface area contributed by atoms with Crippen LogP contribution >= 0.6 is 0 Å². The lowest BCUT2D eigenvalue weighted by atomic mass is 9.90. The number of rotatable bonds is 5. The third kappa shape index (κ3) is 3.62. The Morgan fingerprint density at radius 1 is 1.03 bits per heavy atom. The van der Waals surface area contributed by atoms with E-state index in [1.165, 1.54) is 35.5 Å². The molecule has 0 atom stereocenters. The van der Waals surface area contributed by atoms with E-state index in [-0.39, 0.29) is 0 Å². The van der Waals surface area contributed by atoms with E-state index in [1.807, 2.05) is 12.1 Å². The van der Waals surface area contributed by atoms with Gasteiger partial charge in [0.25, 0.3) is 0 Å². The van der Waals surface area contributed by atoms with Gasteiger partial charge in [-0.1, -0.05) is 30.3 Å². The van der Waals surface area contributed by atoms with Gasteiger partial charge in [-0.3, -0.25) is 4.90 Å². The third-order valence-corrected chi connectivity index (χ3v) is 6.22. The molecule has 0 saturated carbocycles. The van der Waals surface area contributed by atoms with Crippen LogP contribution in [0.1, 0.15) is 35.6 Å². The standard InChI is InChI=1S/C24H28N4O/c1-29-21-9-7-20(8-10-21)28-24-22(11-14-25-24)23(26-28)19-12-15-27(16-13-19)17-18-5-3-2-4-6-18/h2-10,19,25H,11-17H2,1H3. The molecule has 0 amide bonds. The molecule has 1 saturated heterocycles. The summed E-state index contributed by atoms with van der Waals surface area (Å²) in [4.78, 5) is 2.57. The van der Waals surface area contributed by atoms with Crippen LogP contribution in [0.4, 0.5) is 5.82 Å². The second-order valence-corrected chi connectivity index (χ2v) is 8.04. The van der Waals surface area contributed by atoms with E-state index in [9.17, 15) is 0 Å². The van der Waals surface area contributed by atoms with E-state index in [0.29, 0.717) is 5.92 Å². The quantitative estimate of drug-likeness (QED) is 0.710. The van der Waals surface area contributed by atoms with Crippen LogP contribution in [-0.4, -0.2) is 41.4 Å². The summed E-state index contributed by atoms with van der Waals surface area (Å²) in [6.45, 7) is 4.32. The molecule has 0 radical (unpaired) electrons. The van der Waals surface area contributed by atoms with Gasteiger partial charge in [0, 0.05) is 24.6 Å². The molecule has 0 aliphatic carbocycles. The number of aromatic nitrogens is 2. The molecule has 150 valence electrons. The number of anilines is 1. The largest absolute Gasteiger partial charge is 0.497 e. The van der Waals surface area contributed by atoms with Crippen molar-refractivity contribution in [3.05, 3.63) is 71.4 Å². The second-order valence-electron chi connectivity index (χ2n) is 8.04. The molecule has 29 heavy (non-hydrogen) atoms. The summed E-state index contributed by atoms with van der Waals surface area (Å²) in [5.74, 6) is 2.60. The first-order chi connectivity index (χ1) is 14.3. The summed E-state index contributed by atoms with van der Waals surface area (Å²) in [7, 11) is 1.70. The smallest absolute Gasteiger partial charge is 0.133 e. The topological polar surface area (TPSA) is 42.3 Å². The van der Waals surface area contributed by atoms with Crippen LogP contribution in [-0.2, 0) is 13.0 Å². The van der Waals surface area contributed by atoms with E-state index < -0.39 is 0 Å². The summed E-state index contributed by atoms with van der Waals surface area (Å²) in [5, 5.41) is 8.64. The Bertz CT molecular complexity index is 957. The van der Waals surface area contributed by atoms with Gasteiger partial charge in [-0.2, -0.15) is 5.10 Å². The van der Waals surface area contributed by atoms with Gasteiger partial charge in [0.1, 0.15) is 11.6 Å². The lowest BCUT2D eigenvalue weighted by Gasteiger charge is -2.31. The van der Waals surface area contributed by atoms with E-state index in [0.717, 1.165) is 44.0 Å². The molecule has 2 aliphatic rings. The molecule has 0 spiro atoms. The number of piperidine rings is 1. The minimum Gasteiger partial charge on any atom is -0.497 e. The highest BCUT2D eigenvalue weighted by atomic mass is 16.5. The van der Waals surface area contributed by atoms with Crippen LogP contribution < -0.4 is 10.1 Å². The van der Waals surface area contributed by atoms with Gasteiger partial charge < -0.3 is 10.1 Å². The molecule has 1 N–H and O–H groups in total. The Balaban J connectivity index is 1.33. The molecule has 5 rings (SSSR count). The van der Waals surface area contributed by atoms with Crippen molar-refractivity contribution >= 4 is 5.82 Å². The van der Waals surface area contributed by atoms with E-state index in [1.54, 1.807) is 7.11 Å². The van der Waals surface area contributed by atoms with Crippen molar-refractivity contribution in [3.63, 3.8) is 0 Å². The number of methoxy groups -OCH3 is 1. The monoisotopic (exact) mass is 388 g/mol. The zero-order chi connectivity index (χ0) is 19.6. The Morgan fingerprint density at radius 3 is 2.52 bits per heavy atom. The zero-order valence-corrected chi connectivity index (χ0v) is 17.0. The van der Waals surface area contributed by atoms with Crippen LogP contribution in [0.3, 0.4) is 0 Å². The second kappa shape index (κ2) is 7.91. The summed E-state index contributed by atoms with van der Waals surface area (Å²) in [6.07, 6.45) is 3.43. The molecule has 5 heteroatoms. The van der Waals surface area contributed by atoms with Gasteiger partial charge in [-0.05, 0) is 62.2 Å². The number of nitrogens with zero attached hydrogens (tertiary/aromatic N) is 3. The Labute approximate surface area is 172 Å². The first kappa shape index (κ1) is 18.3. The molecule has 0 bridgehead atoms. The van der Waals surface area contributed by atoms with Gasteiger partial charge in [0.15, 0.2) is 0 Å². The van der Waals surface area contributed by atoms with Gasteiger partial charge in [0.05, 0.1) is 18.5 Å². The van der Waals surface area contributed by atoms with Gasteiger partial charge in [-0.15, -0.1) is 0 Å². The van der Waals surface area contributed by atoms with E-state index in [2.05, 4.69) is 57.4 Å². The van der Waals surface area contributed by atoms with Crippen LogP contribution in [0.5, 0.6) is 5.75 Å². The molecule has 1 fully saturated rings. The maximum atomic E-state index is 5.30. The van der Waals surface area contributed by atoms with Crippen molar-refractivity contribution < 1.29 is 4.74 Å².